The summed E-state index contributed by atoms with van der Waals surface area (Å²) in [5.74, 6) is -6.62. The molecule has 1 aromatic heterocycles. The lowest BCUT2D eigenvalue weighted by Crippen LogP contribution is -2.44. The topological polar surface area (TPSA) is 92.4 Å². The number of hydrogen-bond acceptors (Lipinski definition) is 5. The minimum atomic E-state index is -3.43. The van der Waals surface area contributed by atoms with Crippen LogP contribution in [0, 0.1) is 18.6 Å². The van der Waals surface area contributed by atoms with Gasteiger partial charge in [-0.2, -0.15) is 0 Å². The van der Waals surface area contributed by atoms with Crippen molar-refractivity contribution in [3.8, 4) is 0 Å². The van der Waals surface area contributed by atoms with Crippen molar-refractivity contribution in [3.05, 3.63) is 69.7 Å². The van der Waals surface area contributed by atoms with Crippen molar-refractivity contribution in [2.24, 2.45) is 0 Å². The molecule has 2 N–H and O–H groups in total. The summed E-state index contributed by atoms with van der Waals surface area (Å²) in [6.07, 6.45) is -0.821. The van der Waals surface area contributed by atoms with Gasteiger partial charge in [-0.3, -0.25) is 4.79 Å². The van der Waals surface area contributed by atoms with Gasteiger partial charge in [-0.15, -0.1) is 0 Å². The van der Waals surface area contributed by atoms with Gasteiger partial charge in [0, 0.05) is 28.5 Å². The van der Waals surface area contributed by atoms with Crippen LogP contribution >= 0.6 is 0 Å². The van der Waals surface area contributed by atoms with Crippen molar-refractivity contribution in [2.75, 3.05) is 5.32 Å². The number of anilines is 1. The number of aromatic nitrogens is 1. The highest BCUT2D eigenvalue weighted by Crippen LogP contribution is 2.39. The minimum absolute atomic E-state index is 0.0565. The Morgan fingerprint density at radius 3 is 2.45 bits per heavy atom. The molecule has 1 amide bonds. The minimum Gasteiger partial charge on any atom is -0.354 e. The SMILES string of the molecule is CCC(C)(CC(O)(F)C(=O)Nc1ccc2c(=O)onc(C)c2c1)c1c(F)cccc1F. The molecule has 0 radical (unpaired) electrons. The zero-order valence-electron chi connectivity index (χ0n) is 17.1. The van der Waals surface area contributed by atoms with Crippen LogP contribution in [0.2, 0.25) is 0 Å². The molecule has 0 aliphatic rings. The van der Waals surface area contributed by atoms with Gasteiger partial charge < -0.3 is 14.9 Å². The van der Waals surface area contributed by atoms with Crippen molar-refractivity contribution in [2.45, 2.75) is 44.9 Å². The van der Waals surface area contributed by atoms with Crippen LogP contribution < -0.4 is 10.9 Å². The fraction of sp³-hybridized carbons (Fsp3) is 0.318. The van der Waals surface area contributed by atoms with Gasteiger partial charge in [0.15, 0.2) is 0 Å². The number of nitrogens with one attached hydrogen (secondary N) is 1. The number of fused-ring (bicyclic) bond motifs is 1. The number of carbonyl (C=O) groups excluding carboxylic acids is 1. The lowest BCUT2D eigenvalue weighted by atomic mass is 9.74. The van der Waals surface area contributed by atoms with Gasteiger partial charge in [0.05, 0.1) is 11.1 Å². The summed E-state index contributed by atoms with van der Waals surface area (Å²) in [7, 11) is 0. The number of halogens is 3. The Labute approximate surface area is 175 Å². The van der Waals surface area contributed by atoms with E-state index in [1.54, 1.807) is 13.8 Å². The van der Waals surface area contributed by atoms with Gasteiger partial charge in [-0.25, -0.2) is 18.0 Å². The standard InChI is InChI=1S/C22H21F3N2O4/c1-4-21(3,18-16(23)6-5-7-17(18)24)11-22(25,30)20(29)26-13-8-9-14-15(10-13)12(2)27-31-19(14)28/h5-10,30H,4,11H2,1-3H3,(H,26,29). The third-order valence-electron chi connectivity index (χ3n) is 5.47. The monoisotopic (exact) mass is 434 g/mol. The molecule has 0 spiro atoms. The van der Waals surface area contributed by atoms with Crippen molar-refractivity contribution < 1.29 is 27.6 Å². The van der Waals surface area contributed by atoms with E-state index in [2.05, 4.69) is 15.0 Å². The first-order valence-electron chi connectivity index (χ1n) is 9.56. The molecule has 164 valence electrons. The highest BCUT2D eigenvalue weighted by Gasteiger charge is 2.45. The number of nitrogens with zero attached hydrogens (tertiary/aromatic N) is 1. The number of carbonyl (C=O) groups is 1. The van der Waals surface area contributed by atoms with E-state index in [0.29, 0.717) is 11.1 Å². The highest BCUT2D eigenvalue weighted by molar-refractivity contribution is 5.98. The second kappa shape index (κ2) is 8.14. The van der Waals surface area contributed by atoms with E-state index in [1.807, 2.05) is 0 Å². The molecule has 2 aromatic carbocycles. The van der Waals surface area contributed by atoms with Crippen molar-refractivity contribution in [1.82, 2.24) is 5.16 Å². The number of alkyl halides is 1. The number of benzene rings is 2. The van der Waals surface area contributed by atoms with Crippen molar-refractivity contribution >= 4 is 22.4 Å². The first-order valence-corrected chi connectivity index (χ1v) is 9.56. The first kappa shape index (κ1) is 22.5. The van der Waals surface area contributed by atoms with Crippen LogP contribution in [0.3, 0.4) is 0 Å². The molecule has 0 saturated carbocycles. The molecule has 0 bridgehead atoms. The number of rotatable bonds is 6. The maximum absolute atomic E-state index is 15.1. The predicted octanol–water partition coefficient (Wildman–Crippen LogP) is 4.13. The molecule has 31 heavy (non-hydrogen) atoms. The van der Waals surface area contributed by atoms with E-state index in [4.69, 9.17) is 0 Å². The predicted molar refractivity (Wildman–Crippen MR) is 108 cm³/mol. The van der Waals surface area contributed by atoms with Gasteiger partial charge in [0.25, 0.3) is 11.8 Å². The Kier molecular flexibility index (Phi) is 5.91. The summed E-state index contributed by atoms with van der Waals surface area (Å²) in [5.41, 5.74) is -2.11. The van der Waals surface area contributed by atoms with Crippen LogP contribution in [0.1, 0.15) is 37.9 Å². The van der Waals surface area contributed by atoms with Crippen LogP contribution in [0.4, 0.5) is 18.9 Å². The van der Waals surface area contributed by atoms with Gasteiger partial charge in [0.1, 0.15) is 11.6 Å². The Morgan fingerprint density at radius 2 is 1.84 bits per heavy atom. The third kappa shape index (κ3) is 4.32. The molecule has 3 rings (SSSR count). The van der Waals surface area contributed by atoms with Gasteiger partial charge >= 0.3 is 5.63 Å². The molecule has 2 atom stereocenters. The summed E-state index contributed by atoms with van der Waals surface area (Å²) in [4.78, 5) is 24.2. The van der Waals surface area contributed by atoms with Gasteiger partial charge in [-0.05, 0) is 43.7 Å². The fourth-order valence-corrected chi connectivity index (χ4v) is 3.60. The van der Waals surface area contributed by atoms with Crippen molar-refractivity contribution in [1.29, 1.82) is 0 Å². The van der Waals surface area contributed by atoms with Crippen LogP contribution in [0.5, 0.6) is 0 Å². The summed E-state index contributed by atoms with van der Waals surface area (Å²) >= 11 is 0. The lowest BCUT2D eigenvalue weighted by Gasteiger charge is -2.33. The molecule has 9 heteroatoms. The van der Waals surface area contributed by atoms with E-state index in [0.717, 1.165) is 12.1 Å². The molecule has 0 fully saturated rings. The first-order chi connectivity index (χ1) is 14.5. The Balaban J connectivity index is 1.89. The number of amides is 1. The highest BCUT2D eigenvalue weighted by atomic mass is 19.2. The van der Waals surface area contributed by atoms with E-state index in [9.17, 15) is 23.5 Å². The molecule has 0 aliphatic carbocycles. The molecule has 6 nitrogen and oxygen atoms in total. The summed E-state index contributed by atoms with van der Waals surface area (Å²) in [6, 6.07) is 7.33. The van der Waals surface area contributed by atoms with Gasteiger partial charge in [0.2, 0.25) is 0 Å². The summed E-state index contributed by atoms with van der Waals surface area (Å²) in [5, 5.41) is 16.7. The maximum atomic E-state index is 15.1. The molecule has 0 saturated heterocycles. The zero-order valence-corrected chi connectivity index (χ0v) is 17.1. The normalized spacial score (nSPS) is 15.3. The Morgan fingerprint density at radius 1 is 1.19 bits per heavy atom. The quantitative estimate of drug-likeness (QED) is 0.609. The zero-order chi connectivity index (χ0) is 23.0. The molecular formula is C22H21F3N2O4. The molecule has 3 aromatic rings. The van der Waals surface area contributed by atoms with E-state index < -0.39 is 46.4 Å². The third-order valence-corrected chi connectivity index (χ3v) is 5.47. The Bertz CT molecular complexity index is 1190. The molecule has 2 unspecified atom stereocenters. The number of aryl methyl sites for hydroxylation is 1. The summed E-state index contributed by atoms with van der Waals surface area (Å²) in [6.45, 7) is 4.53. The molecular weight excluding hydrogens is 413 g/mol. The van der Waals surface area contributed by atoms with E-state index in [1.165, 1.54) is 31.2 Å². The molecule has 1 heterocycles. The Hall–Kier alpha value is -3.20. The summed E-state index contributed by atoms with van der Waals surface area (Å²) < 4.78 is 48.3. The van der Waals surface area contributed by atoms with E-state index >= 15 is 4.39 Å². The second-order valence-electron chi connectivity index (χ2n) is 7.72. The van der Waals surface area contributed by atoms with Crippen LogP contribution in [0.25, 0.3) is 10.8 Å². The lowest BCUT2D eigenvalue weighted by molar-refractivity contribution is -0.159. The van der Waals surface area contributed by atoms with Crippen molar-refractivity contribution in [3.63, 3.8) is 0 Å². The van der Waals surface area contributed by atoms with Crippen LogP contribution in [-0.2, 0) is 10.2 Å². The largest absolute Gasteiger partial charge is 0.366 e. The average Bonchev–Trinajstić information content (AvgIpc) is 2.70. The second-order valence-corrected chi connectivity index (χ2v) is 7.72. The van der Waals surface area contributed by atoms with Gasteiger partial charge in [-0.1, -0.05) is 25.1 Å². The maximum Gasteiger partial charge on any atom is 0.366 e. The number of aliphatic hydroxyl groups is 1. The van der Waals surface area contributed by atoms with Crippen LogP contribution in [0.15, 0.2) is 45.7 Å². The molecule has 0 aliphatic heterocycles. The van der Waals surface area contributed by atoms with E-state index in [-0.39, 0.29) is 17.5 Å². The van der Waals surface area contributed by atoms with Crippen LogP contribution in [-0.4, -0.2) is 22.0 Å². The number of hydrogen-bond donors (Lipinski definition) is 2. The average molecular weight is 434 g/mol. The fourth-order valence-electron chi connectivity index (χ4n) is 3.60. The smallest absolute Gasteiger partial charge is 0.354 e.